The molecule has 0 spiro atoms. The van der Waals surface area contributed by atoms with E-state index < -0.39 is 5.91 Å². The molecule has 2 rings (SSSR count). The van der Waals surface area contributed by atoms with Gasteiger partial charge in [0.1, 0.15) is 17.1 Å². The Morgan fingerprint density at radius 2 is 2.00 bits per heavy atom. The van der Waals surface area contributed by atoms with E-state index in [1.165, 1.54) is 25.6 Å². The molecule has 5 nitrogen and oxygen atoms in total. The summed E-state index contributed by atoms with van der Waals surface area (Å²) < 4.78 is 5.10. The van der Waals surface area contributed by atoms with E-state index in [0.717, 1.165) is 0 Å². The van der Waals surface area contributed by atoms with Crippen molar-refractivity contribution in [3.63, 3.8) is 0 Å². The number of halogens is 3. The number of carbonyl (C=O) groups excluding carboxylic acids is 1. The molecule has 0 atom stereocenters. The second-order valence-corrected chi connectivity index (χ2v) is 4.80. The van der Waals surface area contributed by atoms with Crippen LogP contribution in [0.5, 0.6) is 5.75 Å². The molecule has 1 aromatic carbocycles. The van der Waals surface area contributed by atoms with Crippen molar-refractivity contribution in [1.82, 2.24) is 9.97 Å². The first-order valence-electron chi connectivity index (χ1n) is 5.34. The third-order valence-corrected chi connectivity index (χ3v) is 3.36. The Hall–Kier alpha value is -1.56. The van der Waals surface area contributed by atoms with E-state index >= 15 is 0 Å². The monoisotopic (exact) mass is 331 g/mol. The molecule has 0 aliphatic heterocycles. The van der Waals surface area contributed by atoms with Gasteiger partial charge in [0, 0.05) is 5.02 Å². The van der Waals surface area contributed by atoms with Gasteiger partial charge in [-0.2, -0.15) is 0 Å². The first-order valence-corrected chi connectivity index (χ1v) is 6.47. The summed E-state index contributed by atoms with van der Waals surface area (Å²) in [5.41, 5.74) is 0.294. The van der Waals surface area contributed by atoms with Gasteiger partial charge in [0.25, 0.3) is 5.91 Å². The number of ether oxygens (including phenoxy) is 1. The Morgan fingerprint density at radius 3 is 2.70 bits per heavy atom. The minimum atomic E-state index is -0.449. The van der Waals surface area contributed by atoms with E-state index in [1.54, 1.807) is 6.07 Å². The maximum Gasteiger partial charge on any atom is 0.260 e. The number of anilines is 1. The van der Waals surface area contributed by atoms with E-state index in [2.05, 4.69) is 15.3 Å². The number of nitrogens with one attached hydrogen (secondary N) is 1. The predicted molar refractivity (Wildman–Crippen MR) is 78.0 cm³/mol. The molecule has 1 aromatic heterocycles. The molecule has 104 valence electrons. The third-order valence-electron chi connectivity index (χ3n) is 2.39. The lowest BCUT2D eigenvalue weighted by molar-refractivity contribution is 0.102. The normalized spacial score (nSPS) is 10.2. The summed E-state index contributed by atoms with van der Waals surface area (Å²) in [7, 11) is 1.44. The van der Waals surface area contributed by atoms with Gasteiger partial charge in [0.05, 0.1) is 12.7 Å². The lowest BCUT2D eigenvalue weighted by Gasteiger charge is -2.10. The van der Waals surface area contributed by atoms with Gasteiger partial charge in [-0.25, -0.2) is 9.97 Å². The Bertz CT molecular complexity index is 664. The molecule has 0 saturated carbocycles. The zero-order valence-electron chi connectivity index (χ0n) is 10.2. The maximum absolute atomic E-state index is 12.2. The maximum atomic E-state index is 12.2. The van der Waals surface area contributed by atoms with Crippen LogP contribution in [0.4, 0.5) is 5.82 Å². The van der Waals surface area contributed by atoms with Crippen LogP contribution in [0.1, 0.15) is 10.4 Å². The molecule has 0 aliphatic carbocycles. The van der Waals surface area contributed by atoms with Gasteiger partial charge in [0.15, 0.2) is 11.0 Å². The summed E-state index contributed by atoms with van der Waals surface area (Å²) in [6, 6.07) is 4.64. The van der Waals surface area contributed by atoms with Gasteiger partial charge in [-0.05, 0) is 18.2 Å². The van der Waals surface area contributed by atoms with E-state index in [0.29, 0.717) is 16.3 Å². The fraction of sp³-hybridized carbons (Fsp3) is 0.0833. The zero-order chi connectivity index (χ0) is 14.7. The molecular weight excluding hydrogens is 325 g/mol. The summed E-state index contributed by atoms with van der Waals surface area (Å²) >= 11 is 17.5. The molecule has 1 N–H and O–H groups in total. The van der Waals surface area contributed by atoms with E-state index in [4.69, 9.17) is 39.5 Å². The number of rotatable bonds is 3. The Balaban J connectivity index is 2.31. The summed E-state index contributed by atoms with van der Waals surface area (Å²) in [6.07, 6.45) is 1.20. The van der Waals surface area contributed by atoms with Crippen molar-refractivity contribution in [2.75, 3.05) is 12.4 Å². The van der Waals surface area contributed by atoms with Gasteiger partial charge in [-0.15, -0.1) is 0 Å². The summed E-state index contributed by atoms with van der Waals surface area (Å²) in [5, 5.41) is 3.11. The second kappa shape index (κ2) is 6.26. The molecule has 8 heteroatoms. The van der Waals surface area contributed by atoms with Crippen molar-refractivity contribution in [2.45, 2.75) is 0 Å². The van der Waals surface area contributed by atoms with Crippen LogP contribution in [0.25, 0.3) is 0 Å². The van der Waals surface area contributed by atoms with Crippen molar-refractivity contribution in [2.24, 2.45) is 0 Å². The van der Waals surface area contributed by atoms with Crippen LogP contribution in [0.15, 0.2) is 24.5 Å². The van der Waals surface area contributed by atoms with Crippen LogP contribution in [0.2, 0.25) is 15.2 Å². The Morgan fingerprint density at radius 1 is 1.25 bits per heavy atom. The molecule has 1 heterocycles. The third kappa shape index (κ3) is 3.12. The number of nitrogens with zero attached hydrogens (tertiary/aromatic N) is 2. The van der Waals surface area contributed by atoms with Crippen LogP contribution in [-0.4, -0.2) is 23.0 Å². The number of amides is 1. The number of hydrogen-bond donors (Lipinski definition) is 1. The highest BCUT2D eigenvalue weighted by molar-refractivity contribution is 6.43. The molecule has 20 heavy (non-hydrogen) atoms. The van der Waals surface area contributed by atoms with Crippen LogP contribution in [-0.2, 0) is 0 Å². The van der Waals surface area contributed by atoms with E-state index in [9.17, 15) is 4.79 Å². The average molecular weight is 333 g/mol. The smallest absolute Gasteiger partial charge is 0.260 e. The van der Waals surface area contributed by atoms with Crippen LogP contribution < -0.4 is 10.1 Å². The fourth-order valence-corrected chi connectivity index (χ4v) is 1.90. The van der Waals surface area contributed by atoms with Gasteiger partial charge >= 0.3 is 0 Å². The number of carbonyl (C=O) groups is 1. The Kier molecular flexibility index (Phi) is 4.65. The molecule has 0 bridgehead atoms. The fourth-order valence-electron chi connectivity index (χ4n) is 1.46. The number of benzene rings is 1. The highest BCUT2D eigenvalue weighted by Gasteiger charge is 2.16. The molecule has 0 fully saturated rings. The molecule has 0 aliphatic rings. The van der Waals surface area contributed by atoms with Gasteiger partial charge in [-0.1, -0.05) is 34.8 Å². The minimum Gasteiger partial charge on any atom is -0.496 e. The van der Waals surface area contributed by atoms with Gasteiger partial charge in [-0.3, -0.25) is 4.79 Å². The van der Waals surface area contributed by atoms with Gasteiger partial charge < -0.3 is 10.1 Å². The highest BCUT2D eigenvalue weighted by atomic mass is 35.5. The molecule has 1 amide bonds. The zero-order valence-corrected chi connectivity index (χ0v) is 12.4. The standard InChI is InChI=1S/C12H8Cl3N3O2/c1-20-8-4-6(13)2-3-7(8)12(19)18-11-9(14)10(15)16-5-17-11/h2-5H,1H3,(H,16,17,18,19). The number of methoxy groups -OCH3 is 1. The van der Waals surface area contributed by atoms with Crippen LogP contribution in [0, 0.1) is 0 Å². The first-order chi connectivity index (χ1) is 9.52. The number of aromatic nitrogens is 2. The molecular formula is C12H8Cl3N3O2. The lowest BCUT2D eigenvalue weighted by atomic mass is 10.2. The van der Waals surface area contributed by atoms with Crippen molar-refractivity contribution in [3.05, 3.63) is 45.3 Å². The predicted octanol–water partition coefficient (Wildman–Crippen LogP) is 3.70. The topological polar surface area (TPSA) is 64.1 Å². The molecule has 0 radical (unpaired) electrons. The molecule has 2 aromatic rings. The highest BCUT2D eigenvalue weighted by Crippen LogP contribution is 2.28. The second-order valence-electron chi connectivity index (χ2n) is 3.63. The quantitative estimate of drug-likeness (QED) is 0.871. The van der Waals surface area contributed by atoms with Crippen molar-refractivity contribution in [1.29, 1.82) is 0 Å². The summed E-state index contributed by atoms with van der Waals surface area (Å²) in [6.45, 7) is 0. The SMILES string of the molecule is COc1cc(Cl)ccc1C(=O)Nc1ncnc(Cl)c1Cl. The first kappa shape index (κ1) is 14.8. The Labute approximate surface area is 129 Å². The van der Waals surface area contributed by atoms with Crippen molar-refractivity contribution < 1.29 is 9.53 Å². The lowest BCUT2D eigenvalue weighted by Crippen LogP contribution is -2.14. The van der Waals surface area contributed by atoms with Crippen LogP contribution in [0.3, 0.4) is 0 Å². The molecule has 0 unspecified atom stereocenters. The van der Waals surface area contributed by atoms with E-state index in [-0.39, 0.29) is 16.0 Å². The van der Waals surface area contributed by atoms with E-state index in [1.807, 2.05) is 0 Å². The van der Waals surface area contributed by atoms with Crippen LogP contribution >= 0.6 is 34.8 Å². The average Bonchev–Trinajstić information content (AvgIpc) is 2.43. The number of hydrogen-bond acceptors (Lipinski definition) is 4. The van der Waals surface area contributed by atoms with Crippen molar-refractivity contribution in [3.8, 4) is 5.75 Å². The molecule has 0 saturated heterocycles. The minimum absolute atomic E-state index is 0.0556. The summed E-state index contributed by atoms with van der Waals surface area (Å²) in [4.78, 5) is 19.7. The summed E-state index contributed by atoms with van der Waals surface area (Å²) in [5.74, 6) is 0.00938. The largest absolute Gasteiger partial charge is 0.496 e. The van der Waals surface area contributed by atoms with Gasteiger partial charge in [0.2, 0.25) is 0 Å². The van der Waals surface area contributed by atoms with Crippen molar-refractivity contribution >= 4 is 46.5 Å².